The summed E-state index contributed by atoms with van der Waals surface area (Å²) >= 11 is 0. The number of aromatic nitrogens is 5. The van der Waals surface area contributed by atoms with Gasteiger partial charge in [0.2, 0.25) is 11.7 Å². The van der Waals surface area contributed by atoms with Crippen molar-refractivity contribution in [2.24, 2.45) is 14.1 Å². The molecule has 9 nitrogen and oxygen atoms in total. The van der Waals surface area contributed by atoms with Gasteiger partial charge in [-0.05, 0) is 30.5 Å². The molecule has 0 atom stereocenters. The molecule has 0 aliphatic rings. The maximum atomic E-state index is 13.4. The van der Waals surface area contributed by atoms with Gasteiger partial charge in [-0.2, -0.15) is 4.98 Å². The lowest BCUT2D eigenvalue weighted by atomic mass is 10.1. The van der Waals surface area contributed by atoms with E-state index in [-0.39, 0.29) is 34.9 Å². The standard InChI is InChI=1S/C23H26FN5O4/c1-4-5-6-7-8-16-19(30)28(13-14-9-11-15(24)12-10-14)22-25-18-17(29(22)20(16)31)21(32)27(3)23(33)26(18)2/h9-12,31H,4-8,13H2,1-3H3. The molecule has 0 radical (unpaired) electrons. The van der Waals surface area contributed by atoms with E-state index in [4.69, 9.17) is 0 Å². The largest absolute Gasteiger partial charge is 0.494 e. The zero-order valence-electron chi connectivity index (χ0n) is 18.8. The van der Waals surface area contributed by atoms with Crippen molar-refractivity contribution in [1.29, 1.82) is 0 Å². The number of unbranched alkanes of at least 4 members (excludes halogenated alkanes) is 3. The van der Waals surface area contributed by atoms with Crippen LogP contribution >= 0.6 is 0 Å². The van der Waals surface area contributed by atoms with Crippen molar-refractivity contribution >= 4 is 16.9 Å². The number of halogens is 1. The molecule has 0 amide bonds. The topological polar surface area (TPSA) is 104 Å². The van der Waals surface area contributed by atoms with Crippen LogP contribution in [0.25, 0.3) is 16.9 Å². The number of rotatable bonds is 7. The first-order valence-corrected chi connectivity index (χ1v) is 10.9. The maximum Gasteiger partial charge on any atom is 0.332 e. The zero-order valence-corrected chi connectivity index (χ0v) is 18.8. The number of fused-ring (bicyclic) bond motifs is 3. The van der Waals surface area contributed by atoms with E-state index in [9.17, 15) is 23.9 Å². The van der Waals surface area contributed by atoms with Crippen molar-refractivity contribution in [2.45, 2.75) is 45.6 Å². The number of imidazole rings is 1. The molecule has 0 fully saturated rings. The summed E-state index contributed by atoms with van der Waals surface area (Å²) in [6.07, 6.45) is 3.95. The summed E-state index contributed by atoms with van der Waals surface area (Å²) in [5.41, 5.74) is -0.725. The van der Waals surface area contributed by atoms with Crippen LogP contribution in [0, 0.1) is 5.82 Å². The lowest BCUT2D eigenvalue weighted by Gasteiger charge is -2.13. The average molecular weight is 455 g/mol. The average Bonchev–Trinajstić information content (AvgIpc) is 3.20. The van der Waals surface area contributed by atoms with Gasteiger partial charge in [0.1, 0.15) is 5.82 Å². The first-order chi connectivity index (χ1) is 15.8. The number of hydrogen-bond donors (Lipinski definition) is 1. The highest BCUT2D eigenvalue weighted by molar-refractivity contribution is 5.76. The minimum Gasteiger partial charge on any atom is -0.494 e. The fraction of sp³-hybridized carbons (Fsp3) is 0.391. The Morgan fingerprint density at radius 3 is 2.33 bits per heavy atom. The van der Waals surface area contributed by atoms with E-state index in [1.807, 2.05) is 0 Å². The summed E-state index contributed by atoms with van der Waals surface area (Å²) in [5.74, 6) is -0.712. The molecule has 33 heavy (non-hydrogen) atoms. The molecule has 0 bridgehead atoms. The zero-order chi connectivity index (χ0) is 23.9. The normalized spacial score (nSPS) is 11.6. The van der Waals surface area contributed by atoms with E-state index in [1.54, 1.807) is 12.1 Å². The van der Waals surface area contributed by atoms with Crippen molar-refractivity contribution in [1.82, 2.24) is 23.1 Å². The summed E-state index contributed by atoms with van der Waals surface area (Å²) in [6, 6.07) is 5.71. The number of nitrogens with zero attached hydrogens (tertiary/aromatic N) is 5. The highest BCUT2D eigenvalue weighted by atomic mass is 19.1. The van der Waals surface area contributed by atoms with Gasteiger partial charge in [-0.15, -0.1) is 0 Å². The highest BCUT2D eigenvalue weighted by Gasteiger charge is 2.24. The van der Waals surface area contributed by atoms with Crippen LogP contribution in [-0.2, 0) is 27.1 Å². The Kier molecular flexibility index (Phi) is 5.92. The second kappa shape index (κ2) is 8.68. The summed E-state index contributed by atoms with van der Waals surface area (Å²) in [4.78, 5) is 43.2. The summed E-state index contributed by atoms with van der Waals surface area (Å²) in [7, 11) is 2.82. The maximum absolute atomic E-state index is 13.4. The van der Waals surface area contributed by atoms with Crippen molar-refractivity contribution in [3.05, 3.63) is 72.4 Å². The van der Waals surface area contributed by atoms with Crippen LogP contribution in [0.3, 0.4) is 0 Å². The predicted octanol–water partition coefficient (Wildman–Crippen LogP) is 2.06. The fourth-order valence-electron chi connectivity index (χ4n) is 4.11. The molecule has 10 heteroatoms. The third-order valence-electron chi connectivity index (χ3n) is 6.00. The SMILES string of the molecule is CCCCCCc1c(O)n2c3c(=O)n(C)c(=O)n(C)c3nc2n(Cc2ccc(F)cc2)c1=O. The van der Waals surface area contributed by atoms with Gasteiger partial charge in [0.15, 0.2) is 11.2 Å². The molecule has 0 aliphatic heterocycles. The highest BCUT2D eigenvalue weighted by Crippen LogP contribution is 2.23. The molecule has 1 N–H and O–H groups in total. The molecule has 3 heterocycles. The summed E-state index contributed by atoms with van der Waals surface area (Å²) in [6.45, 7) is 2.14. The van der Waals surface area contributed by atoms with Gasteiger partial charge in [0.25, 0.3) is 11.1 Å². The quantitative estimate of drug-likeness (QED) is 0.430. The van der Waals surface area contributed by atoms with Crippen molar-refractivity contribution in [3.63, 3.8) is 0 Å². The van der Waals surface area contributed by atoms with Gasteiger partial charge in [-0.1, -0.05) is 38.3 Å². The van der Waals surface area contributed by atoms with E-state index in [0.717, 1.165) is 23.8 Å². The van der Waals surface area contributed by atoms with E-state index in [0.29, 0.717) is 18.4 Å². The van der Waals surface area contributed by atoms with Crippen LogP contribution < -0.4 is 16.8 Å². The van der Waals surface area contributed by atoms with E-state index in [1.165, 1.54) is 39.8 Å². The van der Waals surface area contributed by atoms with E-state index >= 15 is 0 Å². The predicted molar refractivity (Wildman–Crippen MR) is 122 cm³/mol. The van der Waals surface area contributed by atoms with Crippen LogP contribution in [0.15, 0.2) is 38.6 Å². The lowest BCUT2D eigenvalue weighted by molar-refractivity contribution is 0.432. The third kappa shape index (κ3) is 3.75. The summed E-state index contributed by atoms with van der Waals surface area (Å²) in [5, 5.41) is 11.1. The molecule has 0 saturated carbocycles. The molecule has 1 aromatic carbocycles. The Hall–Kier alpha value is -3.69. The van der Waals surface area contributed by atoms with E-state index < -0.39 is 22.6 Å². The van der Waals surface area contributed by atoms with Crippen molar-refractivity contribution in [2.75, 3.05) is 0 Å². The van der Waals surface area contributed by atoms with Gasteiger partial charge < -0.3 is 5.11 Å². The van der Waals surface area contributed by atoms with Crippen LogP contribution in [0.4, 0.5) is 4.39 Å². The molecule has 4 rings (SSSR count). The molecule has 0 aliphatic carbocycles. The van der Waals surface area contributed by atoms with Crippen molar-refractivity contribution < 1.29 is 9.50 Å². The first-order valence-electron chi connectivity index (χ1n) is 10.9. The Labute approximate surface area is 188 Å². The lowest BCUT2D eigenvalue weighted by Crippen LogP contribution is -2.37. The summed E-state index contributed by atoms with van der Waals surface area (Å²) < 4.78 is 18.1. The Morgan fingerprint density at radius 2 is 1.67 bits per heavy atom. The minimum absolute atomic E-state index is 0.00904. The van der Waals surface area contributed by atoms with E-state index in [2.05, 4.69) is 11.9 Å². The van der Waals surface area contributed by atoms with Gasteiger partial charge in [0, 0.05) is 14.1 Å². The van der Waals surface area contributed by atoms with Gasteiger partial charge in [0.05, 0.1) is 12.1 Å². The van der Waals surface area contributed by atoms with Gasteiger partial charge in [-0.3, -0.25) is 23.3 Å². The number of hydrogen-bond acceptors (Lipinski definition) is 5. The molecule has 4 aromatic rings. The molecule has 0 saturated heterocycles. The molecule has 174 valence electrons. The van der Waals surface area contributed by atoms with Crippen LogP contribution in [0.2, 0.25) is 0 Å². The van der Waals surface area contributed by atoms with Crippen LogP contribution in [0.5, 0.6) is 5.88 Å². The van der Waals surface area contributed by atoms with Gasteiger partial charge in [-0.25, -0.2) is 13.6 Å². The smallest absolute Gasteiger partial charge is 0.332 e. The van der Waals surface area contributed by atoms with Crippen LogP contribution in [-0.4, -0.2) is 28.2 Å². The Balaban J connectivity index is 2.05. The Bertz CT molecular complexity index is 1530. The van der Waals surface area contributed by atoms with Crippen molar-refractivity contribution in [3.8, 4) is 5.88 Å². The number of aryl methyl sites for hydroxylation is 1. The molecule has 0 spiro atoms. The Morgan fingerprint density at radius 1 is 0.970 bits per heavy atom. The molecular formula is C23H26FN5O4. The van der Waals surface area contributed by atoms with Crippen LogP contribution in [0.1, 0.15) is 43.7 Å². The minimum atomic E-state index is -0.625. The van der Waals surface area contributed by atoms with Gasteiger partial charge >= 0.3 is 5.69 Å². The monoisotopic (exact) mass is 455 g/mol. The first kappa shape index (κ1) is 22.5. The second-order valence-corrected chi connectivity index (χ2v) is 8.26. The number of benzene rings is 1. The molecule has 0 unspecified atom stereocenters. The number of aromatic hydroxyl groups is 1. The second-order valence-electron chi connectivity index (χ2n) is 8.26. The molecule has 3 aromatic heterocycles. The molecular weight excluding hydrogens is 429 g/mol. The fourth-order valence-corrected chi connectivity index (χ4v) is 4.11. The third-order valence-corrected chi connectivity index (χ3v) is 6.00.